The summed E-state index contributed by atoms with van der Waals surface area (Å²) in [5, 5.41) is 3.98. The van der Waals surface area contributed by atoms with Gasteiger partial charge in [-0.3, -0.25) is 0 Å². The molecule has 1 heterocycles. The number of furan rings is 1. The summed E-state index contributed by atoms with van der Waals surface area (Å²) in [6.07, 6.45) is 1.95. The first kappa shape index (κ1) is 11.1. The van der Waals surface area contributed by atoms with Crippen molar-refractivity contribution in [1.82, 2.24) is 5.32 Å². The van der Waals surface area contributed by atoms with E-state index < -0.39 is 0 Å². The molecule has 2 nitrogen and oxygen atoms in total. The van der Waals surface area contributed by atoms with Gasteiger partial charge in [-0.05, 0) is 31.7 Å². The first-order valence-electron chi connectivity index (χ1n) is 5.60. The van der Waals surface area contributed by atoms with Crippen molar-refractivity contribution in [2.24, 2.45) is 0 Å². The molecule has 0 aliphatic heterocycles. The van der Waals surface area contributed by atoms with Gasteiger partial charge in [-0.2, -0.15) is 0 Å². The van der Waals surface area contributed by atoms with E-state index in [2.05, 4.69) is 12.2 Å². The predicted molar refractivity (Wildman–Crippen MR) is 62.9 cm³/mol. The first-order chi connectivity index (χ1) is 7.76. The molecule has 1 aromatic heterocycles. The maximum Gasteiger partial charge on any atom is 0.134 e. The largest absolute Gasteiger partial charge is 0.459 e. The second kappa shape index (κ2) is 4.66. The van der Waals surface area contributed by atoms with Gasteiger partial charge in [0.25, 0.3) is 0 Å². The third-order valence-corrected chi connectivity index (χ3v) is 2.67. The zero-order chi connectivity index (χ0) is 11.5. The summed E-state index contributed by atoms with van der Waals surface area (Å²) in [7, 11) is 1.88. The number of hydrogen-bond donors (Lipinski definition) is 1. The van der Waals surface area contributed by atoms with Gasteiger partial charge in [0, 0.05) is 10.9 Å². The van der Waals surface area contributed by atoms with Crippen molar-refractivity contribution in [2.45, 2.75) is 26.3 Å². The lowest BCUT2D eigenvalue weighted by molar-refractivity contribution is 0.523. The topological polar surface area (TPSA) is 25.2 Å². The van der Waals surface area contributed by atoms with E-state index in [-0.39, 0.29) is 5.82 Å². The Hall–Kier alpha value is -1.35. The van der Waals surface area contributed by atoms with Crippen molar-refractivity contribution in [3.63, 3.8) is 0 Å². The van der Waals surface area contributed by atoms with E-state index >= 15 is 0 Å². The van der Waals surface area contributed by atoms with Crippen LogP contribution >= 0.6 is 0 Å². The van der Waals surface area contributed by atoms with Crippen LogP contribution in [0, 0.1) is 5.82 Å². The van der Waals surface area contributed by atoms with Crippen molar-refractivity contribution in [1.29, 1.82) is 0 Å². The minimum Gasteiger partial charge on any atom is -0.459 e. The second-order valence-corrected chi connectivity index (χ2v) is 3.92. The summed E-state index contributed by atoms with van der Waals surface area (Å²) < 4.78 is 18.9. The average Bonchev–Trinajstić information content (AvgIpc) is 2.58. The standard InChI is InChI=1S/C13H16FNO/c1-3-4-10-11-7-9(14)5-6-12(11)16-13(10)8-15-2/h5-7,15H,3-4,8H2,1-2H3. The molecule has 0 atom stereocenters. The molecule has 2 aromatic rings. The van der Waals surface area contributed by atoms with Crippen LogP contribution in [0.3, 0.4) is 0 Å². The van der Waals surface area contributed by atoms with Crippen LogP contribution in [-0.2, 0) is 13.0 Å². The molecule has 86 valence electrons. The lowest BCUT2D eigenvalue weighted by Gasteiger charge is -2.00. The summed E-state index contributed by atoms with van der Waals surface area (Å²) in [5.41, 5.74) is 1.90. The van der Waals surface area contributed by atoms with Gasteiger partial charge in [-0.1, -0.05) is 13.3 Å². The molecule has 0 amide bonds. The Kier molecular flexibility index (Phi) is 3.25. The highest BCUT2D eigenvalue weighted by Crippen LogP contribution is 2.27. The molecule has 0 unspecified atom stereocenters. The maximum absolute atomic E-state index is 13.2. The number of rotatable bonds is 4. The van der Waals surface area contributed by atoms with Crippen molar-refractivity contribution in [3.05, 3.63) is 35.3 Å². The molecule has 0 saturated heterocycles. The summed E-state index contributed by atoms with van der Waals surface area (Å²) in [6.45, 7) is 2.80. The van der Waals surface area contributed by atoms with Gasteiger partial charge >= 0.3 is 0 Å². The zero-order valence-corrected chi connectivity index (χ0v) is 9.64. The van der Waals surface area contributed by atoms with Crippen LogP contribution in [0.1, 0.15) is 24.7 Å². The Morgan fingerprint density at radius 1 is 1.38 bits per heavy atom. The highest BCUT2D eigenvalue weighted by Gasteiger charge is 2.13. The third kappa shape index (κ3) is 1.95. The van der Waals surface area contributed by atoms with Gasteiger partial charge in [0.05, 0.1) is 6.54 Å². The monoisotopic (exact) mass is 221 g/mol. The van der Waals surface area contributed by atoms with Crippen LogP contribution in [-0.4, -0.2) is 7.05 Å². The smallest absolute Gasteiger partial charge is 0.134 e. The SMILES string of the molecule is CCCc1c(CNC)oc2ccc(F)cc12. The third-order valence-electron chi connectivity index (χ3n) is 2.67. The molecule has 0 aliphatic carbocycles. The van der Waals surface area contributed by atoms with Crippen LogP contribution in [0.2, 0.25) is 0 Å². The quantitative estimate of drug-likeness (QED) is 0.857. The molecular weight excluding hydrogens is 205 g/mol. The van der Waals surface area contributed by atoms with Gasteiger partial charge in [0.15, 0.2) is 0 Å². The lowest BCUT2D eigenvalue weighted by Crippen LogP contribution is -2.05. The number of aryl methyl sites for hydroxylation is 1. The Morgan fingerprint density at radius 3 is 2.88 bits per heavy atom. The molecule has 0 fully saturated rings. The van der Waals surface area contributed by atoms with Crippen LogP contribution in [0.25, 0.3) is 11.0 Å². The van der Waals surface area contributed by atoms with Gasteiger partial charge in [-0.25, -0.2) is 4.39 Å². The van der Waals surface area contributed by atoms with Crippen molar-refractivity contribution in [2.75, 3.05) is 7.05 Å². The van der Waals surface area contributed by atoms with E-state index in [4.69, 9.17) is 4.42 Å². The minimum absolute atomic E-state index is 0.207. The fraction of sp³-hybridized carbons (Fsp3) is 0.385. The number of nitrogens with one attached hydrogen (secondary N) is 1. The molecular formula is C13H16FNO. The van der Waals surface area contributed by atoms with Crippen LogP contribution in [0.5, 0.6) is 0 Å². The van der Waals surface area contributed by atoms with E-state index in [0.29, 0.717) is 6.54 Å². The predicted octanol–water partition coefficient (Wildman–Crippen LogP) is 3.24. The van der Waals surface area contributed by atoms with E-state index in [0.717, 1.165) is 35.1 Å². The molecule has 0 bridgehead atoms. The van der Waals surface area contributed by atoms with E-state index in [9.17, 15) is 4.39 Å². The Labute approximate surface area is 94.4 Å². The van der Waals surface area contributed by atoms with Crippen molar-refractivity contribution in [3.8, 4) is 0 Å². The van der Waals surface area contributed by atoms with Crippen molar-refractivity contribution >= 4 is 11.0 Å². The van der Waals surface area contributed by atoms with Crippen LogP contribution < -0.4 is 5.32 Å². The normalized spacial score (nSPS) is 11.2. The molecule has 0 aliphatic rings. The zero-order valence-electron chi connectivity index (χ0n) is 9.64. The molecule has 3 heteroatoms. The minimum atomic E-state index is -0.207. The molecule has 16 heavy (non-hydrogen) atoms. The van der Waals surface area contributed by atoms with Gasteiger partial charge in [0.1, 0.15) is 17.2 Å². The first-order valence-corrected chi connectivity index (χ1v) is 5.60. The molecule has 0 radical (unpaired) electrons. The summed E-state index contributed by atoms with van der Waals surface area (Å²) in [6, 6.07) is 4.69. The highest BCUT2D eigenvalue weighted by molar-refractivity contribution is 5.82. The lowest BCUT2D eigenvalue weighted by atomic mass is 10.1. The number of benzene rings is 1. The Bertz CT molecular complexity index is 490. The number of hydrogen-bond acceptors (Lipinski definition) is 2. The second-order valence-electron chi connectivity index (χ2n) is 3.92. The highest BCUT2D eigenvalue weighted by atomic mass is 19.1. The fourth-order valence-electron chi connectivity index (χ4n) is 2.00. The Balaban J connectivity index is 2.57. The summed E-state index contributed by atoms with van der Waals surface area (Å²) >= 11 is 0. The average molecular weight is 221 g/mol. The van der Waals surface area contributed by atoms with Crippen molar-refractivity contribution < 1.29 is 8.81 Å². The summed E-state index contributed by atoms with van der Waals surface area (Å²) in [4.78, 5) is 0. The molecule has 1 aromatic carbocycles. The molecule has 0 saturated carbocycles. The fourth-order valence-corrected chi connectivity index (χ4v) is 2.00. The van der Waals surface area contributed by atoms with Gasteiger partial charge < -0.3 is 9.73 Å². The Morgan fingerprint density at radius 2 is 2.19 bits per heavy atom. The number of fused-ring (bicyclic) bond motifs is 1. The molecule has 0 spiro atoms. The molecule has 2 rings (SSSR count). The van der Waals surface area contributed by atoms with Gasteiger partial charge in [-0.15, -0.1) is 0 Å². The summed E-state index contributed by atoms with van der Waals surface area (Å²) in [5.74, 6) is 0.714. The number of halogens is 1. The maximum atomic E-state index is 13.2. The van der Waals surface area contributed by atoms with Gasteiger partial charge in [0.2, 0.25) is 0 Å². The van der Waals surface area contributed by atoms with Crippen LogP contribution in [0.4, 0.5) is 4.39 Å². The van der Waals surface area contributed by atoms with E-state index in [1.807, 2.05) is 7.05 Å². The van der Waals surface area contributed by atoms with E-state index in [1.165, 1.54) is 6.07 Å². The molecule has 1 N–H and O–H groups in total. The van der Waals surface area contributed by atoms with Crippen LogP contribution in [0.15, 0.2) is 22.6 Å². The van der Waals surface area contributed by atoms with E-state index in [1.54, 1.807) is 12.1 Å².